The molecule has 0 aliphatic carbocycles. The molecular formula is C17H16N4O2. The fourth-order valence-corrected chi connectivity index (χ4v) is 2.21. The molecule has 0 aliphatic rings. The normalized spacial score (nSPS) is 10.3. The van der Waals surface area contributed by atoms with Crippen LogP contribution in [0.4, 0.5) is 5.69 Å². The third-order valence-electron chi connectivity index (χ3n) is 3.42. The van der Waals surface area contributed by atoms with Crippen molar-refractivity contribution in [1.82, 2.24) is 14.8 Å². The molecule has 0 atom stereocenters. The average molecular weight is 308 g/mol. The Morgan fingerprint density at radius 1 is 1.22 bits per heavy atom. The third-order valence-corrected chi connectivity index (χ3v) is 3.42. The molecule has 0 saturated heterocycles. The van der Waals surface area contributed by atoms with Gasteiger partial charge in [-0.25, -0.2) is 0 Å². The van der Waals surface area contributed by atoms with Gasteiger partial charge in [-0.2, -0.15) is 5.10 Å². The summed E-state index contributed by atoms with van der Waals surface area (Å²) in [5.41, 5.74) is 2.76. The molecule has 0 saturated carbocycles. The minimum absolute atomic E-state index is 0.229. The number of rotatable bonds is 4. The first-order valence-corrected chi connectivity index (χ1v) is 7.07. The zero-order valence-corrected chi connectivity index (χ0v) is 12.9. The number of ether oxygens (including phenoxy) is 1. The molecule has 2 aromatic heterocycles. The molecule has 1 aromatic carbocycles. The molecule has 0 bridgehead atoms. The van der Waals surface area contributed by atoms with Crippen LogP contribution in [0.2, 0.25) is 0 Å². The summed E-state index contributed by atoms with van der Waals surface area (Å²) in [6.07, 6.45) is 3.25. The summed E-state index contributed by atoms with van der Waals surface area (Å²) in [7, 11) is 3.36. The number of nitrogens with zero attached hydrogens (tertiary/aromatic N) is 3. The molecule has 23 heavy (non-hydrogen) atoms. The van der Waals surface area contributed by atoms with Crippen LogP contribution in [0.25, 0.3) is 11.3 Å². The molecule has 0 fully saturated rings. The highest BCUT2D eigenvalue weighted by molar-refractivity contribution is 6.03. The third kappa shape index (κ3) is 3.21. The lowest BCUT2D eigenvalue weighted by molar-refractivity contribution is 0.101. The van der Waals surface area contributed by atoms with Crippen LogP contribution >= 0.6 is 0 Å². The number of anilines is 1. The Hall–Kier alpha value is -3.15. The fourth-order valence-electron chi connectivity index (χ4n) is 2.21. The second kappa shape index (κ2) is 6.31. The minimum atomic E-state index is -0.229. The van der Waals surface area contributed by atoms with Crippen LogP contribution in [0.3, 0.4) is 0 Å². The van der Waals surface area contributed by atoms with Crippen molar-refractivity contribution in [3.63, 3.8) is 0 Å². The van der Waals surface area contributed by atoms with Gasteiger partial charge >= 0.3 is 0 Å². The van der Waals surface area contributed by atoms with Gasteiger partial charge in [-0.15, -0.1) is 0 Å². The maximum atomic E-state index is 12.4. The highest BCUT2D eigenvalue weighted by atomic mass is 16.5. The molecule has 6 heteroatoms. The number of aryl methyl sites for hydroxylation is 1. The second-order valence-corrected chi connectivity index (χ2v) is 4.96. The van der Waals surface area contributed by atoms with E-state index in [-0.39, 0.29) is 5.91 Å². The minimum Gasteiger partial charge on any atom is -0.497 e. The lowest BCUT2D eigenvalue weighted by atomic mass is 10.1. The van der Waals surface area contributed by atoms with E-state index in [9.17, 15) is 4.79 Å². The monoisotopic (exact) mass is 308 g/mol. The SMILES string of the molecule is COc1ccc(-c2cc(C(=O)Nc3cccnc3)n(C)n2)cc1. The molecule has 3 aromatic rings. The fraction of sp³-hybridized carbons (Fsp3) is 0.118. The second-order valence-electron chi connectivity index (χ2n) is 4.96. The van der Waals surface area contributed by atoms with E-state index in [1.54, 1.807) is 49.4 Å². The van der Waals surface area contributed by atoms with Crippen molar-refractivity contribution in [3.05, 3.63) is 60.6 Å². The summed E-state index contributed by atoms with van der Waals surface area (Å²) in [6.45, 7) is 0. The zero-order chi connectivity index (χ0) is 16.2. The molecule has 1 amide bonds. The first-order valence-electron chi connectivity index (χ1n) is 7.07. The quantitative estimate of drug-likeness (QED) is 0.804. The van der Waals surface area contributed by atoms with Crippen LogP contribution in [-0.2, 0) is 7.05 Å². The topological polar surface area (TPSA) is 69.0 Å². The van der Waals surface area contributed by atoms with Crippen LogP contribution in [0.5, 0.6) is 5.75 Å². The van der Waals surface area contributed by atoms with E-state index < -0.39 is 0 Å². The van der Waals surface area contributed by atoms with E-state index in [1.807, 2.05) is 24.3 Å². The summed E-state index contributed by atoms with van der Waals surface area (Å²) < 4.78 is 6.70. The average Bonchev–Trinajstić information content (AvgIpc) is 2.98. The summed E-state index contributed by atoms with van der Waals surface area (Å²) >= 11 is 0. The van der Waals surface area contributed by atoms with E-state index in [0.29, 0.717) is 11.4 Å². The number of benzene rings is 1. The smallest absolute Gasteiger partial charge is 0.273 e. The summed E-state index contributed by atoms with van der Waals surface area (Å²) in [4.78, 5) is 16.3. The van der Waals surface area contributed by atoms with Crippen molar-refractivity contribution in [1.29, 1.82) is 0 Å². The number of hydrogen-bond donors (Lipinski definition) is 1. The predicted molar refractivity (Wildman–Crippen MR) is 87.4 cm³/mol. The van der Waals surface area contributed by atoms with Crippen molar-refractivity contribution in [2.75, 3.05) is 12.4 Å². The standard InChI is InChI=1S/C17H16N4O2/c1-21-16(17(22)19-13-4-3-9-18-11-13)10-15(20-21)12-5-7-14(23-2)8-6-12/h3-11H,1-2H3,(H,19,22). The predicted octanol–water partition coefficient (Wildman–Crippen LogP) is 2.74. The van der Waals surface area contributed by atoms with Gasteiger partial charge < -0.3 is 10.1 Å². The number of carbonyl (C=O) groups excluding carboxylic acids is 1. The van der Waals surface area contributed by atoms with Crippen molar-refractivity contribution < 1.29 is 9.53 Å². The molecule has 3 rings (SSSR count). The Labute approximate surface area is 133 Å². The Balaban J connectivity index is 1.84. The molecule has 116 valence electrons. The zero-order valence-electron chi connectivity index (χ0n) is 12.9. The number of amides is 1. The van der Waals surface area contributed by atoms with E-state index in [0.717, 1.165) is 17.0 Å². The number of carbonyl (C=O) groups is 1. The van der Waals surface area contributed by atoms with Gasteiger partial charge in [0.15, 0.2) is 0 Å². The van der Waals surface area contributed by atoms with E-state index in [1.165, 1.54) is 0 Å². The number of aromatic nitrogens is 3. The molecular weight excluding hydrogens is 292 g/mol. The van der Waals surface area contributed by atoms with Gasteiger partial charge in [0, 0.05) is 18.8 Å². The van der Waals surface area contributed by atoms with E-state index in [2.05, 4.69) is 15.4 Å². The summed E-state index contributed by atoms with van der Waals surface area (Å²) in [6, 6.07) is 12.8. The lowest BCUT2D eigenvalue weighted by Crippen LogP contribution is -2.16. The number of methoxy groups -OCH3 is 1. The Bertz CT molecular complexity index is 810. The molecule has 0 aliphatic heterocycles. The maximum Gasteiger partial charge on any atom is 0.273 e. The van der Waals surface area contributed by atoms with Gasteiger partial charge in [-0.3, -0.25) is 14.5 Å². The molecule has 0 radical (unpaired) electrons. The highest BCUT2D eigenvalue weighted by Crippen LogP contribution is 2.22. The van der Waals surface area contributed by atoms with Gasteiger partial charge in [0.05, 0.1) is 24.7 Å². The van der Waals surface area contributed by atoms with Gasteiger partial charge in [-0.05, 0) is 42.5 Å². The Morgan fingerprint density at radius 2 is 2.00 bits per heavy atom. The number of nitrogens with one attached hydrogen (secondary N) is 1. The van der Waals surface area contributed by atoms with Gasteiger partial charge in [0.1, 0.15) is 11.4 Å². The number of hydrogen-bond acceptors (Lipinski definition) is 4. The first kappa shape index (κ1) is 14.8. The van der Waals surface area contributed by atoms with Crippen molar-refractivity contribution in [2.24, 2.45) is 7.05 Å². The first-order chi connectivity index (χ1) is 11.2. The molecule has 0 spiro atoms. The largest absolute Gasteiger partial charge is 0.497 e. The van der Waals surface area contributed by atoms with Crippen molar-refractivity contribution >= 4 is 11.6 Å². The van der Waals surface area contributed by atoms with Gasteiger partial charge in [-0.1, -0.05) is 0 Å². The lowest BCUT2D eigenvalue weighted by Gasteiger charge is -2.03. The van der Waals surface area contributed by atoms with Crippen LogP contribution < -0.4 is 10.1 Å². The van der Waals surface area contributed by atoms with E-state index in [4.69, 9.17) is 4.74 Å². The summed E-state index contributed by atoms with van der Waals surface area (Å²) in [5.74, 6) is 0.548. The summed E-state index contributed by atoms with van der Waals surface area (Å²) in [5, 5.41) is 7.20. The van der Waals surface area contributed by atoms with E-state index >= 15 is 0 Å². The Morgan fingerprint density at radius 3 is 2.65 bits per heavy atom. The number of pyridine rings is 1. The molecule has 0 unspecified atom stereocenters. The highest BCUT2D eigenvalue weighted by Gasteiger charge is 2.14. The van der Waals surface area contributed by atoms with Crippen LogP contribution in [0.15, 0.2) is 54.9 Å². The maximum absolute atomic E-state index is 12.4. The van der Waals surface area contributed by atoms with Crippen LogP contribution in [-0.4, -0.2) is 27.8 Å². The van der Waals surface area contributed by atoms with Crippen LogP contribution in [0, 0.1) is 0 Å². The molecule has 1 N–H and O–H groups in total. The van der Waals surface area contributed by atoms with Crippen LogP contribution in [0.1, 0.15) is 10.5 Å². The van der Waals surface area contributed by atoms with Gasteiger partial charge in [0.2, 0.25) is 0 Å². The van der Waals surface area contributed by atoms with Gasteiger partial charge in [0.25, 0.3) is 5.91 Å². The Kier molecular flexibility index (Phi) is 4.05. The van der Waals surface area contributed by atoms with Crippen molar-refractivity contribution in [2.45, 2.75) is 0 Å². The molecule has 2 heterocycles. The van der Waals surface area contributed by atoms with Crippen molar-refractivity contribution in [3.8, 4) is 17.0 Å². The molecule has 6 nitrogen and oxygen atoms in total.